The van der Waals surface area contributed by atoms with Crippen LogP contribution >= 0.6 is 0 Å². The minimum atomic E-state index is -0.395. The van der Waals surface area contributed by atoms with E-state index in [1.54, 1.807) is 32.1 Å². The Labute approximate surface area is 124 Å². The number of hydrogen-bond donors (Lipinski definition) is 0. The van der Waals surface area contributed by atoms with E-state index in [1.807, 2.05) is 13.0 Å². The van der Waals surface area contributed by atoms with Gasteiger partial charge in [0.2, 0.25) is 0 Å². The third-order valence-corrected chi connectivity index (χ3v) is 3.64. The molecule has 0 amide bonds. The summed E-state index contributed by atoms with van der Waals surface area (Å²) in [6, 6.07) is 0. The van der Waals surface area contributed by atoms with Crippen LogP contribution in [0, 0.1) is 0 Å². The molecule has 0 radical (unpaired) electrons. The van der Waals surface area contributed by atoms with Gasteiger partial charge in [-0.25, -0.2) is 9.59 Å². The molecular formula is C17H20O4. The molecule has 4 heteroatoms. The van der Waals surface area contributed by atoms with Crippen molar-refractivity contribution in [1.29, 1.82) is 0 Å². The van der Waals surface area contributed by atoms with Gasteiger partial charge in [0, 0.05) is 11.1 Å². The Morgan fingerprint density at radius 1 is 1.52 bits per heavy atom. The predicted molar refractivity (Wildman–Crippen MR) is 79.2 cm³/mol. The van der Waals surface area contributed by atoms with Crippen LogP contribution in [0.25, 0.3) is 0 Å². The van der Waals surface area contributed by atoms with Gasteiger partial charge in [-0.1, -0.05) is 25.2 Å². The number of hydrogen-bond acceptors (Lipinski definition) is 4. The van der Waals surface area contributed by atoms with Gasteiger partial charge >= 0.3 is 11.9 Å². The highest BCUT2D eigenvalue weighted by atomic mass is 16.6. The largest absolute Gasteiger partial charge is 0.455 e. The molecule has 0 fully saturated rings. The normalized spacial score (nSPS) is 21.4. The lowest BCUT2D eigenvalue weighted by molar-refractivity contribution is -0.142. The summed E-state index contributed by atoms with van der Waals surface area (Å²) < 4.78 is 10.7. The Bertz CT molecular complexity index is 576. The Hall–Kier alpha value is -2.10. The number of rotatable bonds is 4. The van der Waals surface area contributed by atoms with Crippen molar-refractivity contribution in [3.05, 3.63) is 46.8 Å². The minimum Gasteiger partial charge on any atom is -0.455 e. The number of cyclic esters (lactones) is 1. The third kappa shape index (κ3) is 3.32. The molecule has 21 heavy (non-hydrogen) atoms. The van der Waals surface area contributed by atoms with Gasteiger partial charge in [0.1, 0.15) is 11.9 Å². The van der Waals surface area contributed by atoms with Gasteiger partial charge in [0.15, 0.2) is 0 Å². The first kappa shape index (κ1) is 15.3. The smallest absolute Gasteiger partial charge is 0.343 e. The zero-order chi connectivity index (χ0) is 15.4. The molecule has 2 aliphatic rings. The van der Waals surface area contributed by atoms with E-state index in [-0.39, 0.29) is 11.9 Å². The standard InChI is InChI=1S/C17H20O4/c1-4-11(3)16(18)20-12(5-2)10-15-13-8-6-7-9-14(13)17(19)21-15/h4,7,9-10,12H,5-6,8H2,1-3H3. The first-order valence-corrected chi connectivity index (χ1v) is 7.24. The number of esters is 2. The van der Waals surface area contributed by atoms with Crippen LogP contribution in [0.15, 0.2) is 46.8 Å². The van der Waals surface area contributed by atoms with Crippen LogP contribution in [0.2, 0.25) is 0 Å². The molecule has 0 spiro atoms. The molecule has 0 aromatic rings. The van der Waals surface area contributed by atoms with E-state index in [0.29, 0.717) is 23.3 Å². The zero-order valence-corrected chi connectivity index (χ0v) is 12.6. The van der Waals surface area contributed by atoms with Gasteiger partial charge in [-0.2, -0.15) is 0 Å². The van der Waals surface area contributed by atoms with Crippen LogP contribution in [-0.4, -0.2) is 18.0 Å². The first-order valence-electron chi connectivity index (χ1n) is 7.24. The fourth-order valence-corrected chi connectivity index (χ4v) is 2.21. The highest BCUT2D eigenvalue weighted by Gasteiger charge is 2.30. The molecule has 0 saturated heterocycles. The number of allylic oxidation sites excluding steroid dienone is 3. The van der Waals surface area contributed by atoms with Crippen LogP contribution < -0.4 is 0 Å². The van der Waals surface area contributed by atoms with Crippen molar-refractivity contribution in [2.75, 3.05) is 0 Å². The lowest BCUT2D eigenvalue weighted by atomic mass is 9.97. The summed E-state index contributed by atoms with van der Waals surface area (Å²) in [5.41, 5.74) is 2.11. The fourth-order valence-electron chi connectivity index (χ4n) is 2.21. The molecule has 1 aliphatic carbocycles. The monoisotopic (exact) mass is 288 g/mol. The van der Waals surface area contributed by atoms with Gasteiger partial charge in [-0.3, -0.25) is 0 Å². The Kier molecular flexibility index (Phi) is 4.78. The summed E-state index contributed by atoms with van der Waals surface area (Å²) in [6.07, 6.45) is 9.12. The average molecular weight is 288 g/mol. The van der Waals surface area contributed by atoms with Gasteiger partial charge < -0.3 is 9.47 Å². The molecular weight excluding hydrogens is 268 g/mol. The molecule has 0 saturated carbocycles. The van der Waals surface area contributed by atoms with Crippen molar-refractivity contribution in [1.82, 2.24) is 0 Å². The van der Waals surface area contributed by atoms with Crippen molar-refractivity contribution in [3.8, 4) is 0 Å². The number of carbonyl (C=O) groups excluding carboxylic acids is 2. The van der Waals surface area contributed by atoms with Crippen molar-refractivity contribution in [2.45, 2.75) is 46.1 Å². The quantitative estimate of drug-likeness (QED) is 0.588. The van der Waals surface area contributed by atoms with E-state index in [2.05, 4.69) is 0 Å². The lowest BCUT2D eigenvalue weighted by Gasteiger charge is -2.14. The highest BCUT2D eigenvalue weighted by Crippen LogP contribution is 2.34. The van der Waals surface area contributed by atoms with Crippen LogP contribution in [0.5, 0.6) is 0 Å². The third-order valence-electron chi connectivity index (χ3n) is 3.64. The maximum atomic E-state index is 11.8. The van der Waals surface area contributed by atoms with Gasteiger partial charge in [-0.15, -0.1) is 0 Å². The second-order valence-electron chi connectivity index (χ2n) is 5.08. The zero-order valence-electron chi connectivity index (χ0n) is 12.6. The van der Waals surface area contributed by atoms with E-state index >= 15 is 0 Å². The maximum absolute atomic E-state index is 11.8. The van der Waals surface area contributed by atoms with E-state index in [4.69, 9.17) is 9.47 Å². The molecule has 0 aromatic heterocycles. The van der Waals surface area contributed by atoms with Crippen LogP contribution in [0.3, 0.4) is 0 Å². The molecule has 0 N–H and O–H groups in total. The summed E-state index contributed by atoms with van der Waals surface area (Å²) in [6.45, 7) is 5.43. The van der Waals surface area contributed by atoms with Crippen molar-refractivity contribution in [3.63, 3.8) is 0 Å². The Morgan fingerprint density at radius 3 is 2.95 bits per heavy atom. The molecule has 2 rings (SSSR count). The Morgan fingerprint density at radius 2 is 2.29 bits per heavy atom. The van der Waals surface area contributed by atoms with Crippen LogP contribution in [0.4, 0.5) is 0 Å². The summed E-state index contributed by atoms with van der Waals surface area (Å²) in [5.74, 6) is -0.126. The van der Waals surface area contributed by atoms with Gasteiger partial charge in [-0.05, 0) is 39.2 Å². The van der Waals surface area contributed by atoms with Crippen molar-refractivity contribution in [2.24, 2.45) is 0 Å². The van der Waals surface area contributed by atoms with Crippen LogP contribution in [0.1, 0.15) is 40.0 Å². The van der Waals surface area contributed by atoms with E-state index in [9.17, 15) is 9.59 Å². The summed E-state index contributed by atoms with van der Waals surface area (Å²) in [4.78, 5) is 23.6. The second-order valence-corrected chi connectivity index (χ2v) is 5.08. The van der Waals surface area contributed by atoms with Gasteiger partial charge in [0.05, 0.1) is 5.57 Å². The minimum absolute atomic E-state index is 0.321. The second kappa shape index (κ2) is 6.57. The molecule has 1 aliphatic heterocycles. The predicted octanol–water partition coefficient (Wildman–Crippen LogP) is 3.36. The van der Waals surface area contributed by atoms with E-state index in [1.165, 1.54) is 0 Å². The van der Waals surface area contributed by atoms with Crippen LogP contribution in [-0.2, 0) is 19.1 Å². The fraction of sp³-hybridized carbons (Fsp3) is 0.412. The Balaban J connectivity index is 2.18. The first-order chi connectivity index (χ1) is 10.1. The van der Waals surface area contributed by atoms with E-state index in [0.717, 1.165) is 18.4 Å². The SMILES string of the molecule is CC=C(C)C(=O)OC(C=C1OC(=O)C2=C1CCC=C2)CC. The highest BCUT2D eigenvalue weighted by molar-refractivity contribution is 5.97. The topological polar surface area (TPSA) is 52.6 Å². The maximum Gasteiger partial charge on any atom is 0.343 e. The summed E-state index contributed by atoms with van der Waals surface area (Å²) >= 11 is 0. The van der Waals surface area contributed by atoms with Crippen molar-refractivity contribution < 1.29 is 19.1 Å². The van der Waals surface area contributed by atoms with Crippen molar-refractivity contribution >= 4 is 11.9 Å². The number of carbonyl (C=O) groups is 2. The molecule has 0 bridgehead atoms. The molecule has 112 valence electrons. The molecule has 1 heterocycles. The summed E-state index contributed by atoms with van der Waals surface area (Å²) in [7, 11) is 0. The summed E-state index contributed by atoms with van der Waals surface area (Å²) in [5, 5.41) is 0. The van der Waals surface area contributed by atoms with E-state index < -0.39 is 6.10 Å². The lowest BCUT2D eigenvalue weighted by Crippen LogP contribution is -2.17. The van der Waals surface area contributed by atoms with Gasteiger partial charge in [0.25, 0.3) is 0 Å². The number of ether oxygens (including phenoxy) is 2. The average Bonchev–Trinajstić information content (AvgIpc) is 2.82. The molecule has 1 unspecified atom stereocenters. The molecule has 1 atom stereocenters. The molecule has 0 aromatic carbocycles. The molecule has 4 nitrogen and oxygen atoms in total.